The second kappa shape index (κ2) is 10.4. The zero-order chi connectivity index (χ0) is 25.1. The zero-order valence-corrected chi connectivity index (χ0v) is 21.4. The van der Waals surface area contributed by atoms with Gasteiger partial charge in [0.15, 0.2) is 4.80 Å². The molecule has 3 aromatic rings. The van der Waals surface area contributed by atoms with Crippen molar-refractivity contribution in [3.63, 3.8) is 0 Å². The first-order chi connectivity index (χ1) is 16.8. The lowest BCUT2D eigenvalue weighted by Gasteiger charge is -2.24. The van der Waals surface area contributed by atoms with Crippen LogP contribution in [0.2, 0.25) is 0 Å². The molecular formula is C26H21BrN2O5S. The number of halogens is 1. The van der Waals surface area contributed by atoms with Gasteiger partial charge in [-0.05, 0) is 48.4 Å². The lowest BCUT2D eigenvalue weighted by molar-refractivity contribution is -0.138. The Morgan fingerprint density at radius 1 is 1.14 bits per heavy atom. The zero-order valence-electron chi connectivity index (χ0n) is 19.0. The van der Waals surface area contributed by atoms with Crippen molar-refractivity contribution in [1.82, 2.24) is 4.57 Å². The number of hydrogen-bond acceptors (Lipinski definition) is 7. The summed E-state index contributed by atoms with van der Waals surface area (Å²) in [5.41, 5.74) is 2.28. The average molecular weight is 553 g/mol. The maximum Gasteiger partial charge on any atom is 0.338 e. The number of allylic oxidation sites excluding steroid dienone is 1. The highest BCUT2D eigenvalue weighted by Crippen LogP contribution is 2.31. The van der Waals surface area contributed by atoms with Crippen LogP contribution in [0.5, 0.6) is 0 Å². The molecular weight excluding hydrogens is 532 g/mol. The summed E-state index contributed by atoms with van der Waals surface area (Å²) in [6, 6.07) is 13.4. The Morgan fingerprint density at radius 2 is 1.83 bits per heavy atom. The number of benzene rings is 2. The molecule has 0 fully saturated rings. The van der Waals surface area contributed by atoms with Crippen molar-refractivity contribution < 1.29 is 19.1 Å². The van der Waals surface area contributed by atoms with Crippen LogP contribution >= 0.6 is 27.3 Å². The van der Waals surface area contributed by atoms with Crippen LogP contribution in [-0.2, 0) is 14.3 Å². The highest BCUT2D eigenvalue weighted by Gasteiger charge is 2.33. The molecule has 2 aromatic carbocycles. The van der Waals surface area contributed by atoms with E-state index in [1.54, 1.807) is 37.3 Å². The van der Waals surface area contributed by atoms with Gasteiger partial charge in [0, 0.05) is 4.47 Å². The van der Waals surface area contributed by atoms with Crippen LogP contribution in [0.3, 0.4) is 0 Å². The van der Waals surface area contributed by atoms with E-state index in [4.69, 9.17) is 9.47 Å². The molecule has 4 rings (SSSR count). The van der Waals surface area contributed by atoms with Gasteiger partial charge in [0.1, 0.15) is 6.61 Å². The average Bonchev–Trinajstić information content (AvgIpc) is 3.16. The molecule has 2 heterocycles. The van der Waals surface area contributed by atoms with Gasteiger partial charge in [0.2, 0.25) is 0 Å². The molecule has 0 radical (unpaired) electrons. The van der Waals surface area contributed by atoms with Crippen LogP contribution in [0.25, 0.3) is 6.08 Å². The Kier molecular flexibility index (Phi) is 7.28. The fraction of sp³-hybridized carbons (Fsp3) is 0.154. The molecule has 0 amide bonds. The van der Waals surface area contributed by atoms with Gasteiger partial charge in [-0.15, -0.1) is 0 Å². The van der Waals surface area contributed by atoms with E-state index in [9.17, 15) is 14.4 Å². The molecule has 1 unspecified atom stereocenters. The maximum absolute atomic E-state index is 13.6. The Balaban J connectivity index is 1.90. The Bertz CT molecular complexity index is 1520. The molecule has 1 atom stereocenters. The number of aromatic nitrogens is 1. The fourth-order valence-corrected chi connectivity index (χ4v) is 5.05. The molecule has 0 saturated carbocycles. The molecule has 0 N–H and O–H groups in total. The van der Waals surface area contributed by atoms with E-state index in [0.717, 1.165) is 10.0 Å². The molecule has 7 nitrogen and oxygen atoms in total. The van der Waals surface area contributed by atoms with Gasteiger partial charge in [-0.25, -0.2) is 14.6 Å². The van der Waals surface area contributed by atoms with E-state index < -0.39 is 18.0 Å². The SMILES string of the molecule is C=CCOC(=O)C1=C(C)N=c2sc(=Cc3ccc(Br)cc3)c(=O)n2C1c1ccc(C(=O)OC)cc1. The summed E-state index contributed by atoms with van der Waals surface area (Å²) in [5, 5.41) is 0. The summed E-state index contributed by atoms with van der Waals surface area (Å²) >= 11 is 4.66. The largest absolute Gasteiger partial charge is 0.465 e. The predicted molar refractivity (Wildman–Crippen MR) is 137 cm³/mol. The van der Waals surface area contributed by atoms with E-state index in [-0.39, 0.29) is 17.7 Å². The number of rotatable bonds is 6. The van der Waals surface area contributed by atoms with Crippen LogP contribution in [0.15, 0.2) is 86.7 Å². The summed E-state index contributed by atoms with van der Waals surface area (Å²) < 4.78 is 13.0. The minimum Gasteiger partial charge on any atom is -0.465 e. The summed E-state index contributed by atoms with van der Waals surface area (Å²) in [6.45, 7) is 5.33. The third-order valence-electron chi connectivity index (χ3n) is 5.39. The first-order valence-corrected chi connectivity index (χ1v) is 12.2. The van der Waals surface area contributed by atoms with Crippen molar-refractivity contribution in [2.75, 3.05) is 13.7 Å². The van der Waals surface area contributed by atoms with Crippen LogP contribution in [0.4, 0.5) is 0 Å². The van der Waals surface area contributed by atoms with Gasteiger partial charge in [0.25, 0.3) is 5.56 Å². The molecule has 0 saturated heterocycles. The molecule has 9 heteroatoms. The van der Waals surface area contributed by atoms with Crippen LogP contribution < -0.4 is 14.9 Å². The van der Waals surface area contributed by atoms with Gasteiger partial charge in [0.05, 0.1) is 34.5 Å². The molecule has 178 valence electrons. The van der Waals surface area contributed by atoms with Gasteiger partial charge in [-0.3, -0.25) is 9.36 Å². The first-order valence-electron chi connectivity index (χ1n) is 10.6. The van der Waals surface area contributed by atoms with E-state index >= 15 is 0 Å². The van der Waals surface area contributed by atoms with E-state index in [2.05, 4.69) is 27.5 Å². The number of hydrogen-bond donors (Lipinski definition) is 0. The summed E-state index contributed by atoms with van der Waals surface area (Å²) in [5.74, 6) is -1.07. The fourth-order valence-electron chi connectivity index (χ4n) is 3.74. The number of thiazole rings is 1. The molecule has 1 aliphatic heterocycles. The number of carbonyl (C=O) groups is 2. The van der Waals surface area contributed by atoms with Crippen molar-refractivity contribution >= 4 is 45.3 Å². The second-order valence-corrected chi connectivity index (χ2v) is 9.56. The topological polar surface area (TPSA) is 87.0 Å². The minimum atomic E-state index is -0.776. The van der Waals surface area contributed by atoms with Crippen molar-refractivity contribution in [3.05, 3.63) is 113 Å². The number of methoxy groups -OCH3 is 1. The van der Waals surface area contributed by atoms with Crippen LogP contribution in [0, 0.1) is 0 Å². The highest BCUT2D eigenvalue weighted by molar-refractivity contribution is 9.10. The van der Waals surface area contributed by atoms with E-state index in [0.29, 0.717) is 26.2 Å². The monoisotopic (exact) mass is 552 g/mol. The number of fused-ring (bicyclic) bond motifs is 1. The normalized spacial score (nSPS) is 15.3. The van der Waals surface area contributed by atoms with Gasteiger partial charge >= 0.3 is 11.9 Å². The number of ether oxygens (including phenoxy) is 2. The Morgan fingerprint density at radius 3 is 2.46 bits per heavy atom. The molecule has 1 aromatic heterocycles. The van der Waals surface area contributed by atoms with Crippen LogP contribution in [-0.4, -0.2) is 30.2 Å². The Hall–Kier alpha value is -3.56. The van der Waals surface area contributed by atoms with Gasteiger partial charge < -0.3 is 9.47 Å². The second-order valence-electron chi connectivity index (χ2n) is 7.63. The van der Waals surface area contributed by atoms with Crippen molar-refractivity contribution in [2.45, 2.75) is 13.0 Å². The van der Waals surface area contributed by atoms with Crippen molar-refractivity contribution in [3.8, 4) is 0 Å². The number of carbonyl (C=O) groups excluding carboxylic acids is 2. The highest BCUT2D eigenvalue weighted by atomic mass is 79.9. The molecule has 0 bridgehead atoms. The van der Waals surface area contributed by atoms with E-state index in [1.807, 2.05) is 24.3 Å². The minimum absolute atomic E-state index is 0.0254. The predicted octanol–water partition coefficient (Wildman–Crippen LogP) is 3.51. The van der Waals surface area contributed by atoms with Crippen molar-refractivity contribution in [2.24, 2.45) is 4.99 Å². The number of nitrogens with zero attached hydrogens (tertiary/aromatic N) is 2. The lowest BCUT2D eigenvalue weighted by atomic mass is 9.95. The van der Waals surface area contributed by atoms with E-state index in [1.165, 1.54) is 29.1 Å². The summed E-state index contributed by atoms with van der Waals surface area (Å²) in [4.78, 5) is 43.6. The van der Waals surface area contributed by atoms with Gasteiger partial charge in [-0.2, -0.15) is 0 Å². The summed E-state index contributed by atoms with van der Waals surface area (Å²) in [6.07, 6.45) is 3.27. The third-order valence-corrected chi connectivity index (χ3v) is 6.90. The standard InChI is InChI=1S/C26H21BrN2O5S/c1-4-13-34-25(32)21-15(2)28-26-29(22(21)17-7-9-18(10-8-17)24(31)33-3)23(30)20(35-26)14-16-5-11-19(27)12-6-16/h4-12,14,22H,1,13H2,2-3H3. The maximum atomic E-state index is 13.6. The first kappa shape index (κ1) is 24.6. The number of esters is 2. The third kappa shape index (κ3) is 4.96. The Labute approximate surface area is 213 Å². The molecule has 1 aliphatic rings. The molecule has 0 spiro atoms. The lowest BCUT2D eigenvalue weighted by Crippen LogP contribution is -2.40. The smallest absolute Gasteiger partial charge is 0.338 e. The van der Waals surface area contributed by atoms with Gasteiger partial charge in [-0.1, -0.05) is 64.2 Å². The molecule has 0 aliphatic carbocycles. The molecule has 35 heavy (non-hydrogen) atoms. The summed E-state index contributed by atoms with van der Waals surface area (Å²) in [7, 11) is 1.30. The quantitative estimate of drug-likeness (QED) is 0.345. The van der Waals surface area contributed by atoms with Crippen LogP contribution in [0.1, 0.15) is 34.5 Å². The van der Waals surface area contributed by atoms with Crippen molar-refractivity contribution in [1.29, 1.82) is 0 Å².